The molecule has 0 spiro atoms. The van der Waals surface area contributed by atoms with E-state index >= 15 is 0 Å². The Morgan fingerprint density at radius 2 is 1.69 bits per heavy atom. The van der Waals surface area contributed by atoms with Gasteiger partial charge in [0.05, 0.1) is 25.9 Å². The van der Waals surface area contributed by atoms with Gasteiger partial charge in [0.15, 0.2) is 5.76 Å². The number of ether oxygens (including phenoxy) is 3. The summed E-state index contributed by atoms with van der Waals surface area (Å²) in [6.45, 7) is 0.315. The molecule has 186 valence electrons. The Morgan fingerprint density at radius 1 is 1.00 bits per heavy atom. The largest absolute Gasteiger partial charge is 0.465 e. The fourth-order valence-electron chi connectivity index (χ4n) is 4.57. The summed E-state index contributed by atoms with van der Waals surface area (Å²) in [6.07, 6.45) is 7.22. The van der Waals surface area contributed by atoms with E-state index in [0.717, 1.165) is 42.4 Å². The number of aliphatic hydroxyl groups is 1. The molecule has 1 fully saturated rings. The van der Waals surface area contributed by atoms with Crippen molar-refractivity contribution in [3.8, 4) is 0 Å². The minimum atomic E-state index is -0.602. The van der Waals surface area contributed by atoms with Gasteiger partial charge in [-0.25, -0.2) is 4.79 Å². The van der Waals surface area contributed by atoms with Gasteiger partial charge in [-0.15, -0.1) is 0 Å². The van der Waals surface area contributed by atoms with E-state index in [1.54, 1.807) is 12.1 Å². The van der Waals surface area contributed by atoms with Crippen LogP contribution in [-0.2, 0) is 32.2 Å². The van der Waals surface area contributed by atoms with Crippen LogP contribution in [0.25, 0.3) is 0 Å². The van der Waals surface area contributed by atoms with Gasteiger partial charge in [-0.2, -0.15) is 0 Å². The summed E-state index contributed by atoms with van der Waals surface area (Å²) in [6, 6.07) is 14.9. The highest BCUT2D eigenvalue weighted by Gasteiger charge is 2.30. The summed E-state index contributed by atoms with van der Waals surface area (Å²) >= 11 is 0. The number of allylic oxidation sites excluding steroid dienone is 1. The number of esters is 1. The first-order valence-corrected chi connectivity index (χ1v) is 12.2. The van der Waals surface area contributed by atoms with E-state index in [4.69, 9.17) is 14.2 Å². The van der Waals surface area contributed by atoms with Crippen molar-refractivity contribution in [2.24, 2.45) is 0 Å². The van der Waals surface area contributed by atoms with Crippen LogP contribution in [0.3, 0.4) is 0 Å². The molecule has 2 aromatic rings. The molecule has 0 radical (unpaired) electrons. The van der Waals surface area contributed by atoms with Gasteiger partial charge in [-0.05, 0) is 47.7 Å². The highest BCUT2D eigenvalue weighted by atomic mass is 16.7. The maximum atomic E-state index is 13.1. The SMILES string of the molecule is COC(=O)c1ccc([C@H]2C=C(C(=O)NC3CCCCC3)O[C@@H](OCc3ccc(CO)cc3)C2)cc1. The second-order valence-corrected chi connectivity index (χ2v) is 9.13. The molecule has 7 nitrogen and oxygen atoms in total. The van der Waals surface area contributed by atoms with Crippen LogP contribution in [0.4, 0.5) is 0 Å². The average molecular weight is 480 g/mol. The maximum absolute atomic E-state index is 13.1. The van der Waals surface area contributed by atoms with Crippen LogP contribution < -0.4 is 5.32 Å². The van der Waals surface area contributed by atoms with Gasteiger partial charge in [0, 0.05) is 18.4 Å². The molecule has 2 aliphatic rings. The number of carbonyl (C=O) groups is 2. The molecule has 1 aliphatic carbocycles. The van der Waals surface area contributed by atoms with Crippen molar-refractivity contribution in [2.75, 3.05) is 7.11 Å². The molecular formula is C28H33NO6. The molecule has 1 amide bonds. The zero-order chi connectivity index (χ0) is 24.6. The number of hydrogen-bond donors (Lipinski definition) is 2. The third-order valence-corrected chi connectivity index (χ3v) is 6.62. The Morgan fingerprint density at radius 3 is 2.34 bits per heavy atom. The third-order valence-electron chi connectivity index (χ3n) is 6.62. The minimum Gasteiger partial charge on any atom is -0.465 e. The Hall–Kier alpha value is -3.16. The molecule has 0 unspecified atom stereocenters. The molecule has 0 bridgehead atoms. The predicted octanol–water partition coefficient (Wildman–Crippen LogP) is 4.35. The summed E-state index contributed by atoms with van der Waals surface area (Å²) in [4.78, 5) is 24.9. The van der Waals surface area contributed by atoms with Crippen molar-refractivity contribution in [1.82, 2.24) is 5.32 Å². The van der Waals surface area contributed by atoms with Crippen LogP contribution >= 0.6 is 0 Å². The zero-order valence-electron chi connectivity index (χ0n) is 20.1. The number of methoxy groups -OCH3 is 1. The molecular weight excluding hydrogens is 446 g/mol. The highest BCUT2D eigenvalue weighted by Crippen LogP contribution is 2.32. The van der Waals surface area contributed by atoms with Gasteiger partial charge in [-0.1, -0.05) is 55.7 Å². The van der Waals surface area contributed by atoms with E-state index in [2.05, 4.69) is 5.32 Å². The lowest BCUT2D eigenvalue weighted by atomic mass is 9.92. The van der Waals surface area contributed by atoms with Gasteiger partial charge in [0.1, 0.15) is 0 Å². The quantitative estimate of drug-likeness (QED) is 0.547. The Labute approximate surface area is 206 Å². The third kappa shape index (κ3) is 6.71. The molecule has 1 heterocycles. The highest BCUT2D eigenvalue weighted by molar-refractivity contribution is 5.92. The number of hydrogen-bond acceptors (Lipinski definition) is 6. The van der Waals surface area contributed by atoms with Crippen LogP contribution in [0.1, 0.15) is 71.5 Å². The first-order chi connectivity index (χ1) is 17.1. The van der Waals surface area contributed by atoms with Crippen molar-refractivity contribution in [2.45, 2.75) is 70.0 Å². The molecule has 35 heavy (non-hydrogen) atoms. The molecule has 1 saturated carbocycles. The Balaban J connectivity index is 1.49. The van der Waals surface area contributed by atoms with Crippen LogP contribution in [-0.4, -0.2) is 36.4 Å². The fraction of sp³-hybridized carbons (Fsp3) is 0.429. The smallest absolute Gasteiger partial charge is 0.337 e. The Bertz CT molecular complexity index is 1020. The maximum Gasteiger partial charge on any atom is 0.337 e. The number of benzene rings is 2. The average Bonchev–Trinajstić information content (AvgIpc) is 2.92. The zero-order valence-corrected chi connectivity index (χ0v) is 20.1. The Kier molecular flexibility index (Phi) is 8.55. The molecule has 4 rings (SSSR count). The molecule has 7 heteroatoms. The van der Waals surface area contributed by atoms with E-state index in [9.17, 15) is 14.7 Å². The fourth-order valence-corrected chi connectivity index (χ4v) is 4.57. The lowest BCUT2D eigenvalue weighted by Gasteiger charge is -2.30. The minimum absolute atomic E-state index is 0.00637. The van der Waals surface area contributed by atoms with Crippen LogP contribution in [0.15, 0.2) is 60.4 Å². The van der Waals surface area contributed by atoms with E-state index < -0.39 is 6.29 Å². The van der Waals surface area contributed by atoms with E-state index in [-0.39, 0.29) is 36.2 Å². The molecule has 2 atom stereocenters. The number of aliphatic hydroxyl groups excluding tert-OH is 1. The van der Waals surface area contributed by atoms with E-state index in [1.807, 2.05) is 42.5 Å². The van der Waals surface area contributed by atoms with E-state index in [0.29, 0.717) is 18.6 Å². The lowest BCUT2D eigenvalue weighted by molar-refractivity contribution is -0.150. The number of nitrogens with one attached hydrogen (secondary N) is 1. The summed E-state index contributed by atoms with van der Waals surface area (Å²) < 4.78 is 16.9. The van der Waals surface area contributed by atoms with Gasteiger partial charge in [0.25, 0.3) is 5.91 Å². The number of amides is 1. The van der Waals surface area contributed by atoms with Crippen molar-refractivity contribution in [3.05, 3.63) is 82.6 Å². The molecule has 0 aromatic heterocycles. The van der Waals surface area contributed by atoms with Gasteiger partial charge < -0.3 is 24.6 Å². The van der Waals surface area contributed by atoms with Crippen molar-refractivity contribution in [1.29, 1.82) is 0 Å². The number of carbonyl (C=O) groups excluding carboxylic acids is 2. The van der Waals surface area contributed by atoms with Crippen molar-refractivity contribution < 1.29 is 28.9 Å². The van der Waals surface area contributed by atoms with Gasteiger partial charge in [0.2, 0.25) is 6.29 Å². The summed E-state index contributed by atoms with van der Waals surface area (Å²) in [5.74, 6) is -0.442. The first-order valence-electron chi connectivity index (χ1n) is 12.2. The first kappa shape index (κ1) is 24.9. The second-order valence-electron chi connectivity index (χ2n) is 9.13. The van der Waals surface area contributed by atoms with Crippen LogP contribution in [0, 0.1) is 0 Å². The monoisotopic (exact) mass is 479 g/mol. The summed E-state index contributed by atoms with van der Waals surface area (Å²) in [5, 5.41) is 12.4. The predicted molar refractivity (Wildman–Crippen MR) is 130 cm³/mol. The standard InChI is InChI=1S/C28H33NO6/c1-33-28(32)22-13-11-21(12-14-22)23-15-25(27(31)29-24-5-3-2-4-6-24)35-26(16-23)34-18-20-9-7-19(17-30)8-10-20/h7-15,23-24,26,30H,2-6,16-18H2,1H3,(H,29,31)/t23-,26+/m0/s1. The van der Waals surface area contributed by atoms with Crippen LogP contribution in [0.2, 0.25) is 0 Å². The van der Waals surface area contributed by atoms with Gasteiger partial charge in [-0.3, -0.25) is 4.79 Å². The van der Waals surface area contributed by atoms with Crippen molar-refractivity contribution in [3.63, 3.8) is 0 Å². The molecule has 1 aliphatic heterocycles. The molecule has 2 N–H and O–H groups in total. The van der Waals surface area contributed by atoms with Gasteiger partial charge >= 0.3 is 5.97 Å². The lowest BCUT2D eigenvalue weighted by Crippen LogP contribution is -2.39. The van der Waals surface area contributed by atoms with Crippen molar-refractivity contribution >= 4 is 11.9 Å². The normalized spacial score (nSPS) is 20.5. The molecule has 0 saturated heterocycles. The second kappa shape index (κ2) is 12.0. The number of rotatable bonds is 8. The summed E-state index contributed by atoms with van der Waals surface area (Å²) in [5.41, 5.74) is 3.22. The van der Waals surface area contributed by atoms with E-state index in [1.165, 1.54) is 13.5 Å². The summed E-state index contributed by atoms with van der Waals surface area (Å²) in [7, 11) is 1.36. The van der Waals surface area contributed by atoms with Crippen LogP contribution in [0.5, 0.6) is 0 Å². The topological polar surface area (TPSA) is 94.1 Å². The molecule has 2 aromatic carbocycles.